The van der Waals surface area contributed by atoms with E-state index in [0.717, 1.165) is 11.1 Å². The van der Waals surface area contributed by atoms with E-state index in [9.17, 15) is 4.79 Å². The first-order valence-electron chi connectivity index (χ1n) is 5.28. The molecule has 0 aliphatic carbocycles. The van der Waals surface area contributed by atoms with Crippen LogP contribution >= 0.6 is 0 Å². The lowest BCUT2D eigenvalue weighted by Crippen LogP contribution is -2.07. The molecule has 0 aliphatic heterocycles. The van der Waals surface area contributed by atoms with Gasteiger partial charge in [-0.1, -0.05) is 31.0 Å². The standard InChI is InChI=1S/C13H17O3/c1-9(2)8-15-16-13(14)12-6-10(3)5-11(4)7-12/h5-9H,1-4H3. The van der Waals surface area contributed by atoms with Crippen molar-refractivity contribution >= 4 is 5.97 Å². The van der Waals surface area contributed by atoms with Crippen molar-refractivity contribution in [2.75, 3.05) is 0 Å². The van der Waals surface area contributed by atoms with Crippen LogP contribution in [0.5, 0.6) is 0 Å². The van der Waals surface area contributed by atoms with E-state index in [1.165, 1.54) is 6.61 Å². The lowest BCUT2D eigenvalue weighted by molar-refractivity contribution is -0.217. The Labute approximate surface area is 96.3 Å². The summed E-state index contributed by atoms with van der Waals surface area (Å²) in [6.07, 6.45) is 0. The highest BCUT2D eigenvalue weighted by molar-refractivity contribution is 5.89. The molecule has 0 aliphatic rings. The summed E-state index contributed by atoms with van der Waals surface area (Å²) in [5.41, 5.74) is 2.56. The van der Waals surface area contributed by atoms with E-state index in [2.05, 4.69) is 4.89 Å². The van der Waals surface area contributed by atoms with Crippen molar-refractivity contribution in [2.24, 2.45) is 5.92 Å². The number of hydrogen-bond donors (Lipinski definition) is 0. The molecule has 1 aromatic rings. The Hall–Kier alpha value is -1.35. The Morgan fingerprint density at radius 3 is 2.25 bits per heavy atom. The van der Waals surface area contributed by atoms with Crippen molar-refractivity contribution in [3.05, 3.63) is 41.5 Å². The van der Waals surface area contributed by atoms with Gasteiger partial charge in [0, 0.05) is 0 Å². The van der Waals surface area contributed by atoms with Gasteiger partial charge in [0.15, 0.2) is 0 Å². The maximum atomic E-state index is 11.6. The van der Waals surface area contributed by atoms with Crippen molar-refractivity contribution < 1.29 is 14.6 Å². The molecule has 3 nitrogen and oxygen atoms in total. The molecule has 0 bridgehead atoms. The van der Waals surface area contributed by atoms with Crippen LogP contribution < -0.4 is 0 Å². The molecule has 87 valence electrons. The Balaban J connectivity index is 2.59. The second-order valence-corrected chi connectivity index (χ2v) is 4.22. The molecule has 0 amide bonds. The number of aryl methyl sites for hydroxylation is 2. The zero-order chi connectivity index (χ0) is 12.1. The molecule has 16 heavy (non-hydrogen) atoms. The fraction of sp³-hybridized carbons (Fsp3) is 0.385. The van der Waals surface area contributed by atoms with Gasteiger partial charge in [0.05, 0.1) is 5.56 Å². The molecule has 0 unspecified atom stereocenters. The lowest BCUT2D eigenvalue weighted by Gasteiger charge is -2.06. The summed E-state index contributed by atoms with van der Waals surface area (Å²) in [4.78, 5) is 20.9. The fourth-order valence-corrected chi connectivity index (χ4v) is 1.32. The maximum Gasteiger partial charge on any atom is 0.373 e. The Bertz CT molecular complexity index is 349. The largest absolute Gasteiger partial charge is 0.373 e. The number of carbonyl (C=O) groups excluding carboxylic acids is 1. The van der Waals surface area contributed by atoms with Gasteiger partial charge in [-0.3, -0.25) is 4.89 Å². The minimum Gasteiger partial charge on any atom is -0.292 e. The van der Waals surface area contributed by atoms with Crippen LogP contribution in [0.1, 0.15) is 35.3 Å². The highest BCUT2D eigenvalue weighted by Gasteiger charge is 2.09. The summed E-state index contributed by atoms with van der Waals surface area (Å²) in [5, 5.41) is 0. The predicted molar refractivity (Wildman–Crippen MR) is 61.6 cm³/mol. The Kier molecular flexibility index (Phi) is 4.50. The van der Waals surface area contributed by atoms with E-state index in [4.69, 9.17) is 4.89 Å². The third kappa shape index (κ3) is 4.03. The van der Waals surface area contributed by atoms with Crippen LogP contribution in [-0.2, 0) is 9.78 Å². The molecule has 0 fully saturated rings. The van der Waals surface area contributed by atoms with Crippen molar-refractivity contribution in [2.45, 2.75) is 27.7 Å². The second kappa shape index (κ2) is 5.66. The first-order chi connectivity index (χ1) is 7.49. The summed E-state index contributed by atoms with van der Waals surface area (Å²) >= 11 is 0. The summed E-state index contributed by atoms with van der Waals surface area (Å²) in [6.45, 7) is 9.21. The Morgan fingerprint density at radius 2 is 1.75 bits per heavy atom. The molecule has 0 saturated carbocycles. The average Bonchev–Trinajstić information content (AvgIpc) is 2.15. The molecule has 0 heterocycles. The van der Waals surface area contributed by atoms with Crippen LogP contribution in [0.15, 0.2) is 18.2 Å². The van der Waals surface area contributed by atoms with E-state index in [1.54, 1.807) is 12.1 Å². The molecule has 1 radical (unpaired) electrons. The Morgan fingerprint density at radius 1 is 1.19 bits per heavy atom. The van der Waals surface area contributed by atoms with Crippen molar-refractivity contribution in [1.29, 1.82) is 0 Å². The van der Waals surface area contributed by atoms with Crippen molar-refractivity contribution in [1.82, 2.24) is 0 Å². The summed E-state index contributed by atoms with van der Waals surface area (Å²) in [5.74, 6) is -0.254. The van der Waals surface area contributed by atoms with Gasteiger partial charge in [-0.25, -0.2) is 4.79 Å². The average molecular weight is 221 g/mol. The van der Waals surface area contributed by atoms with Gasteiger partial charge in [-0.2, -0.15) is 4.89 Å². The third-order valence-electron chi connectivity index (χ3n) is 1.91. The molecule has 0 atom stereocenters. The van der Waals surface area contributed by atoms with Crippen molar-refractivity contribution in [3.8, 4) is 0 Å². The van der Waals surface area contributed by atoms with Gasteiger partial charge in [0.2, 0.25) is 0 Å². The zero-order valence-electron chi connectivity index (χ0n) is 10.1. The van der Waals surface area contributed by atoms with E-state index >= 15 is 0 Å². The number of carbonyl (C=O) groups is 1. The first kappa shape index (κ1) is 12.7. The number of benzene rings is 1. The zero-order valence-corrected chi connectivity index (χ0v) is 10.1. The molecule has 0 aromatic heterocycles. The van der Waals surface area contributed by atoms with Crippen LogP contribution in [-0.4, -0.2) is 5.97 Å². The molecule has 3 heteroatoms. The van der Waals surface area contributed by atoms with Crippen LogP contribution in [0.25, 0.3) is 0 Å². The summed E-state index contributed by atoms with van der Waals surface area (Å²) < 4.78 is 0. The van der Waals surface area contributed by atoms with E-state index in [0.29, 0.717) is 5.56 Å². The topological polar surface area (TPSA) is 35.5 Å². The SMILES string of the molecule is Cc1cc(C)cc(C(=O)OO[CH]C(C)C)c1. The molecule has 0 saturated heterocycles. The monoisotopic (exact) mass is 221 g/mol. The van der Waals surface area contributed by atoms with Crippen molar-refractivity contribution in [3.63, 3.8) is 0 Å². The van der Waals surface area contributed by atoms with Gasteiger partial charge >= 0.3 is 5.97 Å². The molecule has 0 N–H and O–H groups in total. The minimum absolute atomic E-state index is 0.215. The highest BCUT2D eigenvalue weighted by atomic mass is 17.2. The number of hydrogen-bond acceptors (Lipinski definition) is 3. The lowest BCUT2D eigenvalue weighted by atomic mass is 10.1. The third-order valence-corrected chi connectivity index (χ3v) is 1.91. The van der Waals surface area contributed by atoms with E-state index in [1.807, 2.05) is 33.8 Å². The quantitative estimate of drug-likeness (QED) is 0.578. The van der Waals surface area contributed by atoms with Gasteiger partial charge in [-0.15, -0.1) is 0 Å². The van der Waals surface area contributed by atoms with Crippen LogP contribution in [0.4, 0.5) is 0 Å². The first-order valence-corrected chi connectivity index (χ1v) is 5.28. The molecule has 0 spiro atoms. The summed E-state index contributed by atoms with van der Waals surface area (Å²) in [7, 11) is 0. The van der Waals surface area contributed by atoms with Crippen LogP contribution in [0.3, 0.4) is 0 Å². The van der Waals surface area contributed by atoms with E-state index < -0.39 is 5.97 Å². The van der Waals surface area contributed by atoms with Crippen LogP contribution in [0, 0.1) is 26.4 Å². The minimum atomic E-state index is -0.469. The van der Waals surface area contributed by atoms with Gasteiger partial charge in [-0.05, 0) is 31.9 Å². The van der Waals surface area contributed by atoms with Gasteiger partial charge in [0.25, 0.3) is 0 Å². The highest BCUT2D eigenvalue weighted by Crippen LogP contribution is 2.11. The smallest absolute Gasteiger partial charge is 0.292 e. The normalized spacial score (nSPS) is 10.6. The van der Waals surface area contributed by atoms with E-state index in [-0.39, 0.29) is 5.92 Å². The summed E-state index contributed by atoms with van der Waals surface area (Å²) in [6, 6.07) is 5.54. The number of rotatable bonds is 4. The second-order valence-electron chi connectivity index (χ2n) is 4.22. The fourth-order valence-electron chi connectivity index (χ4n) is 1.32. The van der Waals surface area contributed by atoms with Crippen LogP contribution in [0.2, 0.25) is 0 Å². The molecule has 1 aromatic carbocycles. The maximum absolute atomic E-state index is 11.6. The molecule has 1 rings (SSSR count). The predicted octanol–water partition coefficient (Wildman–Crippen LogP) is 3.21. The van der Waals surface area contributed by atoms with Gasteiger partial charge in [0.1, 0.15) is 6.61 Å². The van der Waals surface area contributed by atoms with Gasteiger partial charge < -0.3 is 0 Å². The molecular weight excluding hydrogens is 204 g/mol. The molecular formula is C13H17O3.